The van der Waals surface area contributed by atoms with Crippen LogP contribution in [0.25, 0.3) is 10.9 Å². The summed E-state index contributed by atoms with van der Waals surface area (Å²) < 4.78 is 35.7. The van der Waals surface area contributed by atoms with Gasteiger partial charge in [0.15, 0.2) is 17.4 Å². The predicted molar refractivity (Wildman–Crippen MR) is 111 cm³/mol. The minimum Gasteiger partial charge on any atom is -0.503 e. The second-order valence-electron chi connectivity index (χ2n) is 7.70. The second-order valence-corrected chi connectivity index (χ2v) is 8.14. The Morgan fingerprint density at radius 2 is 1.94 bits per heavy atom. The number of ether oxygens (including phenoxy) is 1. The number of rotatable bonds is 4. The number of aromatic hydroxyl groups is 1. The highest BCUT2D eigenvalue weighted by Gasteiger charge is 2.28. The van der Waals surface area contributed by atoms with E-state index in [-0.39, 0.29) is 40.2 Å². The number of hydrogen-bond donors (Lipinski definition) is 1. The van der Waals surface area contributed by atoms with Gasteiger partial charge in [0, 0.05) is 27.7 Å². The van der Waals surface area contributed by atoms with E-state index in [0.717, 1.165) is 36.3 Å². The lowest BCUT2D eigenvalue weighted by molar-refractivity contribution is -0.147. The van der Waals surface area contributed by atoms with E-state index in [1.807, 2.05) is 0 Å². The highest BCUT2D eigenvalue weighted by molar-refractivity contribution is 6.31. The van der Waals surface area contributed by atoms with Gasteiger partial charge < -0.3 is 9.84 Å². The van der Waals surface area contributed by atoms with E-state index in [2.05, 4.69) is 0 Å². The van der Waals surface area contributed by atoms with E-state index >= 15 is 0 Å². The molecule has 0 amide bonds. The summed E-state index contributed by atoms with van der Waals surface area (Å²) in [7, 11) is 0. The van der Waals surface area contributed by atoms with Crippen LogP contribution in [0, 0.1) is 18.6 Å². The van der Waals surface area contributed by atoms with Crippen LogP contribution in [0.4, 0.5) is 8.78 Å². The summed E-state index contributed by atoms with van der Waals surface area (Å²) >= 11 is 5.98. The number of esters is 1. The van der Waals surface area contributed by atoms with Crippen molar-refractivity contribution in [1.82, 2.24) is 4.57 Å². The smallest absolute Gasteiger partial charge is 0.310 e. The largest absolute Gasteiger partial charge is 0.503 e. The summed E-state index contributed by atoms with van der Waals surface area (Å²) in [6.07, 6.45) is 3.03. The maximum atomic E-state index is 14.9. The molecular formula is C23H20ClF2NO4. The zero-order chi connectivity index (χ0) is 22.3. The van der Waals surface area contributed by atoms with Gasteiger partial charge in [0.05, 0.1) is 11.9 Å². The average Bonchev–Trinajstić information content (AvgIpc) is 3.32. The Labute approximate surface area is 182 Å². The minimum absolute atomic E-state index is 0.0843. The third kappa shape index (κ3) is 3.90. The molecule has 0 aliphatic heterocycles. The molecule has 5 nitrogen and oxygen atoms in total. The van der Waals surface area contributed by atoms with E-state index in [1.54, 1.807) is 12.1 Å². The Morgan fingerprint density at radius 3 is 2.61 bits per heavy atom. The number of nitrogens with zero attached hydrogens (tertiary/aromatic N) is 1. The monoisotopic (exact) mass is 447 g/mol. The van der Waals surface area contributed by atoms with Crippen LogP contribution in [0.3, 0.4) is 0 Å². The molecule has 0 unspecified atom stereocenters. The van der Waals surface area contributed by atoms with Gasteiger partial charge in [-0.1, -0.05) is 17.7 Å². The number of phenols is 1. The first-order valence-corrected chi connectivity index (χ1v) is 10.4. The fraction of sp³-hybridized carbons (Fsp3) is 0.304. The minimum atomic E-state index is -1.22. The van der Waals surface area contributed by atoms with Gasteiger partial charge in [-0.05, 0) is 56.4 Å². The van der Waals surface area contributed by atoms with Crippen LogP contribution in [0.1, 0.15) is 47.3 Å². The molecule has 0 atom stereocenters. The molecule has 1 aliphatic carbocycles. The molecule has 2 aromatic carbocycles. The second kappa shape index (κ2) is 8.30. The van der Waals surface area contributed by atoms with Gasteiger partial charge in [-0.25, -0.2) is 8.78 Å². The molecule has 4 rings (SSSR count). The lowest BCUT2D eigenvalue weighted by Gasteiger charge is -2.11. The molecule has 0 spiro atoms. The Balaban J connectivity index is 1.84. The number of carbonyl (C=O) groups is 2. The van der Waals surface area contributed by atoms with Crippen LogP contribution in [0.15, 0.2) is 30.3 Å². The molecule has 0 saturated heterocycles. The van der Waals surface area contributed by atoms with Crippen LogP contribution >= 0.6 is 11.6 Å². The first-order valence-electron chi connectivity index (χ1n) is 9.98. The first-order chi connectivity index (χ1) is 14.8. The van der Waals surface area contributed by atoms with Crippen molar-refractivity contribution in [2.75, 3.05) is 0 Å². The maximum Gasteiger partial charge on any atom is 0.310 e. The van der Waals surface area contributed by atoms with Gasteiger partial charge in [0.1, 0.15) is 6.10 Å². The standard InChI is InChI=1S/C23H20ClF2NO4/c1-12-16(10-19(28)31-15-7-2-3-8-15)20-18(11-17(25)22(29)21(20)26)27(12)23(30)13-5-4-6-14(24)9-13/h4-6,9,11,15,29H,2-3,7-8,10H2,1H3. The Morgan fingerprint density at radius 1 is 1.23 bits per heavy atom. The van der Waals surface area contributed by atoms with Crippen molar-refractivity contribution < 1.29 is 28.2 Å². The quantitative estimate of drug-likeness (QED) is 0.551. The molecule has 1 fully saturated rings. The van der Waals surface area contributed by atoms with Crippen LogP contribution in [-0.4, -0.2) is 27.7 Å². The molecule has 0 bridgehead atoms. The lowest BCUT2D eigenvalue weighted by atomic mass is 10.1. The number of fused-ring (bicyclic) bond motifs is 1. The number of halogens is 3. The lowest BCUT2D eigenvalue weighted by Crippen LogP contribution is -2.17. The zero-order valence-electron chi connectivity index (χ0n) is 16.8. The highest BCUT2D eigenvalue weighted by atomic mass is 35.5. The third-order valence-electron chi connectivity index (χ3n) is 5.68. The van der Waals surface area contributed by atoms with Crippen molar-refractivity contribution in [3.05, 3.63) is 63.8 Å². The Hall–Kier alpha value is -2.93. The molecule has 8 heteroatoms. The average molecular weight is 448 g/mol. The summed E-state index contributed by atoms with van der Waals surface area (Å²) in [5.74, 6) is -4.72. The summed E-state index contributed by atoms with van der Waals surface area (Å²) in [5.41, 5.74) is 0.550. The fourth-order valence-corrected chi connectivity index (χ4v) is 4.35. The summed E-state index contributed by atoms with van der Waals surface area (Å²) in [6, 6.07) is 7.04. The first kappa shape index (κ1) is 21.3. The molecule has 1 aliphatic rings. The SMILES string of the molecule is Cc1c(CC(=O)OC2CCCC2)c2c(F)c(O)c(F)cc2n1C(=O)c1cccc(Cl)c1. The van der Waals surface area contributed by atoms with Gasteiger partial charge in [0.25, 0.3) is 5.91 Å². The maximum absolute atomic E-state index is 14.9. The molecule has 1 heterocycles. The molecule has 162 valence electrons. The predicted octanol–water partition coefficient (Wildman–Crippen LogP) is 5.30. The molecule has 1 aromatic heterocycles. The van der Waals surface area contributed by atoms with E-state index in [9.17, 15) is 23.5 Å². The topological polar surface area (TPSA) is 68.5 Å². The van der Waals surface area contributed by atoms with Crippen molar-refractivity contribution in [2.45, 2.75) is 45.1 Å². The Bertz CT molecular complexity index is 1200. The number of aromatic nitrogens is 1. The number of hydrogen-bond acceptors (Lipinski definition) is 4. The molecule has 1 saturated carbocycles. The van der Waals surface area contributed by atoms with Crippen molar-refractivity contribution in [3.8, 4) is 5.75 Å². The van der Waals surface area contributed by atoms with Crippen molar-refractivity contribution in [1.29, 1.82) is 0 Å². The van der Waals surface area contributed by atoms with Crippen LogP contribution in [0.5, 0.6) is 5.75 Å². The van der Waals surface area contributed by atoms with E-state index < -0.39 is 29.3 Å². The summed E-state index contributed by atoms with van der Waals surface area (Å²) in [6.45, 7) is 1.54. The number of phenolic OH excluding ortho intramolecular Hbond substituents is 1. The van der Waals surface area contributed by atoms with Gasteiger partial charge in [-0.3, -0.25) is 14.2 Å². The normalized spacial score (nSPS) is 14.3. The van der Waals surface area contributed by atoms with Gasteiger partial charge >= 0.3 is 5.97 Å². The molecule has 3 aromatic rings. The molecule has 1 N–H and O–H groups in total. The number of benzene rings is 2. The number of carbonyl (C=O) groups excluding carboxylic acids is 2. The van der Waals surface area contributed by atoms with Gasteiger partial charge in [-0.15, -0.1) is 0 Å². The molecule has 0 radical (unpaired) electrons. The van der Waals surface area contributed by atoms with Gasteiger partial charge in [-0.2, -0.15) is 0 Å². The highest BCUT2D eigenvalue weighted by Crippen LogP contribution is 2.36. The van der Waals surface area contributed by atoms with E-state index in [4.69, 9.17) is 16.3 Å². The zero-order valence-corrected chi connectivity index (χ0v) is 17.5. The van der Waals surface area contributed by atoms with Crippen molar-refractivity contribution in [3.63, 3.8) is 0 Å². The molecular weight excluding hydrogens is 428 g/mol. The summed E-state index contributed by atoms with van der Waals surface area (Å²) in [4.78, 5) is 25.7. The van der Waals surface area contributed by atoms with Gasteiger partial charge in [0.2, 0.25) is 0 Å². The van der Waals surface area contributed by atoms with Crippen LogP contribution in [0.2, 0.25) is 5.02 Å². The van der Waals surface area contributed by atoms with E-state index in [0.29, 0.717) is 5.02 Å². The third-order valence-corrected chi connectivity index (χ3v) is 5.92. The van der Waals surface area contributed by atoms with Crippen LogP contribution in [-0.2, 0) is 16.0 Å². The Kier molecular flexibility index (Phi) is 5.71. The van der Waals surface area contributed by atoms with Crippen molar-refractivity contribution >= 4 is 34.4 Å². The van der Waals surface area contributed by atoms with Crippen LogP contribution < -0.4 is 0 Å². The fourth-order valence-electron chi connectivity index (χ4n) is 4.16. The summed E-state index contributed by atoms with van der Waals surface area (Å²) in [5, 5.41) is 9.95. The molecule has 31 heavy (non-hydrogen) atoms. The van der Waals surface area contributed by atoms with E-state index in [1.165, 1.54) is 19.1 Å². The van der Waals surface area contributed by atoms with Crippen molar-refractivity contribution in [2.24, 2.45) is 0 Å².